The summed E-state index contributed by atoms with van der Waals surface area (Å²) in [7, 11) is 1.64. The first-order valence-electron chi connectivity index (χ1n) is 7.97. The predicted molar refractivity (Wildman–Crippen MR) is 106 cm³/mol. The Bertz CT molecular complexity index is 937. The fourth-order valence-corrected chi connectivity index (χ4v) is 2.83. The average molecular weight is 415 g/mol. The maximum Gasteiger partial charge on any atom is 0.221 e. The van der Waals surface area contributed by atoms with Crippen molar-refractivity contribution in [3.63, 3.8) is 0 Å². The Balaban J connectivity index is 1.80. The Morgan fingerprint density at radius 3 is 2.73 bits per heavy atom. The van der Waals surface area contributed by atoms with Crippen molar-refractivity contribution in [2.24, 2.45) is 5.10 Å². The lowest BCUT2D eigenvalue weighted by atomic mass is 10.1. The monoisotopic (exact) mass is 414 g/mol. The molecule has 3 aromatic rings. The van der Waals surface area contributed by atoms with Crippen LogP contribution in [0.25, 0.3) is 0 Å². The van der Waals surface area contributed by atoms with Gasteiger partial charge in [0.25, 0.3) is 0 Å². The number of hydrogen-bond acceptors (Lipinski definition) is 5. The maximum atomic E-state index is 5.90. The first kappa shape index (κ1) is 18.0. The van der Waals surface area contributed by atoms with Crippen molar-refractivity contribution < 1.29 is 9.47 Å². The van der Waals surface area contributed by atoms with Crippen LogP contribution in [0, 0.1) is 6.92 Å². The number of hydrogen-bond donors (Lipinski definition) is 1. The molecule has 3 rings (SSSR count). The van der Waals surface area contributed by atoms with E-state index in [4.69, 9.17) is 15.2 Å². The fraction of sp³-hybridized carbons (Fsp3) is 0.158. The zero-order chi connectivity index (χ0) is 18.5. The topological polar surface area (TPSA) is 74.7 Å². The van der Waals surface area contributed by atoms with Crippen LogP contribution in [0.2, 0.25) is 0 Å². The molecule has 0 radical (unpaired) electrons. The highest BCUT2D eigenvalue weighted by Gasteiger charge is 2.07. The van der Waals surface area contributed by atoms with Crippen molar-refractivity contribution in [1.82, 2.24) is 9.66 Å². The van der Waals surface area contributed by atoms with Gasteiger partial charge in [0.05, 0.1) is 29.7 Å². The fourth-order valence-electron chi connectivity index (χ4n) is 2.43. The normalized spacial score (nSPS) is 11.0. The highest BCUT2D eigenvalue weighted by Crippen LogP contribution is 2.27. The summed E-state index contributed by atoms with van der Waals surface area (Å²) in [5.74, 6) is 1.88. The number of aryl methyl sites for hydroxylation is 1. The number of nitrogens with two attached hydrogens (primary N) is 1. The van der Waals surface area contributed by atoms with Crippen LogP contribution < -0.4 is 15.2 Å². The minimum atomic E-state index is 0.352. The number of para-hydroxylation sites is 1. The zero-order valence-electron chi connectivity index (χ0n) is 14.5. The standard InChI is InChI=1S/C19H19BrN4O2/c1-13-11-24(19(21)23-13)22-10-14-7-8-17(25-2)15(9-14)12-26-18-6-4-3-5-16(18)20/h3-11H,12H2,1-2H3,(H2,21,23). The summed E-state index contributed by atoms with van der Waals surface area (Å²) >= 11 is 3.48. The van der Waals surface area contributed by atoms with Crippen LogP contribution in [0.1, 0.15) is 16.8 Å². The van der Waals surface area contributed by atoms with E-state index in [9.17, 15) is 0 Å². The molecule has 0 atom stereocenters. The van der Waals surface area contributed by atoms with E-state index in [1.54, 1.807) is 19.5 Å². The smallest absolute Gasteiger partial charge is 0.221 e. The molecule has 0 amide bonds. The van der Waals surface area contributed by atoms with Gasteiger partial charge in [-0.1, -0.05) is 12.1 Å². The van der Waals surface area contributed by atoms with E-state index in [0.29, 0.717) is 12.6 Å². The number of imidazole rings is 1. The number of ether oxygens (including phenoxy) is 2. The average Bonchev–Trinajstić information content (AvgIpc) is 2.96. The molecule has 0 fully saturated rings. The van der Waals surface area contributed by atoms with Crippen LogP contribution in [-0.4, -0.2) is 23.0 Å². The lowest BCUT2D eigenvalue weighted by Gasteiger charge is -2.12. The van der Waals surface area contributed by atoms with Gasteiger partial charge in [-0.05, 0) is 58.7 Å². The van der Waals surface area contributed by atoms with Gasteiger partial charge in [0.2, 0.25) is 5.95 Å². The van der Waals surface area contributed by atoms with Crippen LogP contribution in [-0.2, 0) is 6.61 Å². The molecule has 1 heterocycles. The molecule has 134 valence electrons. The molecule has 6 nitrogen and oxygen atoms in total. The van der Waals surface area contributed by atoms with Crippen molar-refractivity contribution in [3.05, 3.63) is 70.0 Å². The Morgan fingerprint density at radius 2 is 2.04 bits per heavy atom. The van der Waals surface area contributed by atoms with E-state index in [-0.39, 0.29) is 0 Å². The second-order valence-electron chi connectivity index (χ2n) is 5.62. The molecule has 0 saturated carbocycles. The third-order valence-corrected chi connectivity index (χ3v) is 4.35. The molecule has 7 heteroatoms. The second kappa shape index (κ2) is 8.05. The number of nitrogen functional groups attached to an aromatic ring is 1. The number of methoxy groups -OCH3 is 1. The van der Waals surface area contributed by atoms with Crippen molar-refractivity contribution in [2.75, 3.05) is 12.8 Å². The number of benzene rings is 2. The minimum Gasteiger partial charge on any atom is -0.496 e. The number of anilines is 1. The Morgan fingerprint density at radius 1 is 1.23 bits per heavy atom. The lowest BCUT2D eigenvalue weighted by molar-refractivity contribution is 0.295. The molecule has 0 bridgehead atoms. The molecule has 0 saturated heterocycles. The van der Waals surface area contributed by atoms with Gasteiger partial charge in [-0.25, -0.2) is 9.66 Å². The molecule has 0 unspecified atom stereocenters. The Labute approximate surface area is 160 Å². The number of rotatable bonds is 6. The summed E-state index contributed by atoms with van der Waals surface area (Å²) in [4.78, 5) is 4.12. The van der Waals surface area contributed by atoms with E-state index in [2.05, 4.69) is 26.0 Å². The van der Waals surface area contributed by atoms with E-state index < -0.39 is 0 Å². The molecular weight excluding hydrogens is 396 g/mol. The molecule has 2 aromatic carbocycles. The van der Waals surface area contributed by atoms with Crippen molar-refractivity contribution >= 4 is 28.1 Å². The summed E-state index contributed by atoms with van der Waals surface area (Å²) in [6, 6.07) is 13.5. The molecule has 0 aliphatic rings. The molecule has 2 N–H and O–H groups in total. The first-order valence-corrected chi connectivity index (χ1v) is 8.76. The molecule has 26 heavy (non-hydrogen) atoms. The third-order valence-electron chi connectivity index (χ3n) is 3.69. The van der Waals surface area contributed by atoms with Crippen molar-refractivity contribution in [3.8, 4) is 11.5 Å². The van der Waals surface area contributed by atoms with Crippen LogP contribution in [0.3, 0.4) is 0 Å². The second-order valence-corrected chi connectivity index (χ2v) is 6.47. The quantitative estimate of drug-likeness (QED) is 0.618. The molecular formula is C19H19BrN4O2. The van der Waals surface area contributed by atoms with Gasteiger partial charge in [0.15, 0.2) is 0 Å². The van der Waals surface area contributed by atoms with Gasteiger partial charge in [0, 0.05) is 5.56 Å². The van der Waals surface area contributed by atoms with Crippen molar-refractivity contribution in [1.29, 1.82) is 0 Å². The van der Waals surface area contributed by atoms with Crippen LogP contribution in [0.15, 0.2) is 58.2 Å². The number of nitrogens with zero attached hydrogens (tertiary/aromatic N) is 3. The molecule has 0 aliphatic heterocycles. The summed E-state index contributed by atoms with van der Waals surface area (Å²) in [6.07, 6.45) is 3.49. The number of aromatic nitrogens is 2. The van der Waals surface area contributed by atoms with Crippen LogP contribution in [0.4, 0.5) is 5.95 Å². The Hall–Kier alpha value is -2.80. The van der Waals surface area contributed by atoms with Crippen molar-refractivity contribution in [2.45, 2.75) is 13.5 Å². The van der Waals surface area contributed by atoms with E-state index in [1.807, 2.05) is 49.4 Å². The summed E-state index contributed by atoms with van der Waals surface area (Å²) in [5, 5.41) is 4.34. The largest absolute Gasteiger partial charge is 0.496 e. The summed E-state index contributed by atoms with van der Waals surface area (Å²) in [6.45, 7) is 2.24. The predicted octanol–water partition coefficient (Wildman–Crippen LogP) is 4.01. The van der Waals surface area contributed by atoms with Crippen LogP contribution in [0.5, 0.6) is 11.5 Å². The van der Waals surface area contributed by atoms with Crippen LogP contribution >= 0.6 is 15.9 Å². The minimum absolute atomic E-state index is 0.352. The van der Waals surface area contributed by atoms with Gasteiger partial charge < -0.3 is 15.2 Å². The van der Waals surface area contributed by atoms with Gasteiger partial charge in [-0.3, -0.25) is 0 Å². The van der Waals surface area contributed by atoms with E-state index >= 15 is 0 Å². The van der Waals surface area contributed by atoms with Gasteiger partial charge in [-0.15, -0.1) is 0 Å². The van der Waals surface area contributed by atoms with Gasteiger partial charge in [-0.2, -0.15) is 5.10 Å². The highest BCUT2D eigenvalue weighted by atomic mass is 79.9. The van der Waals surface area contributed by atoms with Gasteiger partial charge >= 0.3 is 0 Å². The Kier molecular flexibility index (Phi) is 5.58. The molecule has 0 spiro atoms. The third kappa shape index (κ3) is 4.23. The van der Waals surface area contributed by atoms with Gasteiger partial charge in [0.1, 0.15) is 18.1 Å². The molecule has 0 aliphatic carbocycles. The first-order chi connectivity index (χ1) is 12.6. The zero-order valence-corrected chi connectivity index (χ0v) is 16.1. The maximum absolute atomic E-state index is 5.90. The van der Waals surface area contributed by atoms with E-state index in [1.165, 1.54) is 4.68 Å². The summed E-state index contributed by atoms with van der Waals surface area (Å²) < 4.78 is 13.8. The molecule has 1 aromatic heterocycles. The summed E-state index contributed by atoms with van der Waals surface area (Å²) in [5.41, 5.74) is 8.44. The number of halogens is 1. The van der Waals surface area contributed by atoms with E-state index in [0.717, 1.165) is 32.8 Å². The lowest BCUT2D eigenvalue weighted by Crippen LogP contribution is -2.01. The highest BCUT2D eigenvalue weighted by molar-refractivity contribution is 9.10. The SMILES string of the molecule is COc1ccc(C=Nn2cc(C)nc2N)cc1COc1ccccc1Br.